The number of hydrogen-bond acceptors (Lipinski definition) is 2. The van der Waals surface area contributed by atoms with Crippen molar-refractivity contribution in [3.05, 3.63) is 35.9 Å². The van der Waals surface area contributed by atoms with Gasteiger partial charge in [0.1, 0.15) is 0 Å². The molecular weight excluding hydrogens is 244 g/mol. The van der Waals surface area contributed by atoms with Crippen LogP contribution in [-0.4, -0.2) is 31.1 Å². The molecule has 1 heterocycles. The molecule has 1 atom stereocenters. The van der Waals surface area contributed by atoms with Crippen molar-refractivity contribution in [1.29, 1.82) is 0 Å². The summed E-state index contributed by atoms with van der Waals surface area (Å²) in [5.74, 6) is 0. The minimum absolute atomic E-state index is 0.464. The van der Waals surface area contributed by atoms with E-state index in [1.807, 2.05) is 0 Å². The van der Waals surface area contributed by atoms with Crippen LogP contribution in [-0.2, 0) is 0 Å². The van der Waals surface area contributed by atoms with Crippen molar-refractivity contribution in [3.8, 4) is 0 Å². The molecule has 2 nitrogen and oxygen atoms in total. The summed E-state index contributed by atoms with van der Waals surface area (Å²) in [7, 11) is 0. The highest BCUT2D eigenvalue weighted by molar-refractivity contribution is 5.19. The summed E-state index contributed by atoms with van der Waals surface area (Å²) in [6, 6.07) is 11.3. The van der Waals surface area contributed by atoms with Crippen LogP contribution in [0.2, 0.25) is 0 Å². The molecule has 2 rings (SSSR count). The Labute approximate surface area is 124 Å². The lowest BCUT2D eigenvalue weighted by Crippen LogP contribution is -2.35. The molecule has 1 fully saturated rings. The summed E-state index contributed by atoms with van der Waals surface area (Å²) in [4.78, 5) is 2.66. The molecule has 112 valence electrons. The third kappa shape index (κ3) is 3.62. The normalized spacial score (nSPS) is 20.1. The molecule has 0 bridgehead atoms. The van der Waals surface area contributed by atoms with Crippen molar-refractivity contribution in [3.63, 3.8) is 0 Å². The van der Waals surface area contributed by atoms with Crippen LogP contribution in [0, 0.1) is 5.41 Å². The molecule has 0 spiro atoms. The molecule has 20 heavy (non-hydrogen) atoms. The third-order valence-corrected chi connectivity index (χ3v) is 5.11. The van der Waals surface area contributed by atoms with Crippen LogP contribution in [0.5, 0.6) is 0 Å². The Morgan fingerprint density at radius 2 is 1.85 bits per heavy atom. The van der Waals surface area contributed by atoms with E-state index in [9.17, 15) is 0 Å². The van der Waals surface area contributed by atoms with Gasteiger partial charge in [0.25, 0.3) is 0 Å². The van der Waals surface area contributed by atoms with Crippen LogP contribution in [0.15, 0.2) is 30.3 Å². The van der Waals surface area contributed by atoms with Gasteiger partial charge >= 0.3 is 0 Å². The van der Waals surface area contributed by atoms with Gasteiger partial charge < -0.3 is 10.2 Å². The highest BCUT2D eigenvalue weighted by Gasteiger charge is 2.35. The zero-order valence-electron chi connectivity index (χ0n) is 13.4. The molecule has 0 amide bonds. The van der Waals surface area contributed by atoms with Gasteiger partial charge in [0.05, 0.1) is 0 Å². The number of nitrogens with one attached hydrogen (secondary N) is 1. The average molecular weight is 274 g/mol. The largest absolute Gasteiger partial charge is 0.309 e. The van der Waals surface area contributed by atoms with E-state index in [1.54, 1.807) is 0 Å². The van der Waals surface area contributed by atoms with Crippen molar-refractivity contribution >= 4 is 0 Å². The molecule has 1 aromatic rings. The summed E-state index contributed by atoms with van der Waals surface area (Å²) in [6.45, 7) is 11.6. The quantitative estimate of drug-likeness (QED) is 0.812. The van der Waals surface area contributed by atoms with Gasteiger partial charge in [0, 0.05) is 19.1 Å². The molecule has 1 N–H and O–H groups in total. The Hall–Kier alpha value is -0.860. The van der Waals surface area contributed by atoms with Gasteiger partial charge in [-0.2, -0.15) is 0 Å². The number of likely N-dealkylation sites (N-methyl/N-ethyl adjacent to an activating group) is 1. The lowest BCUT2D eigenvalue weighted by Gasteiger charge is -2.29. The summed E-state index contributed by atoms with van der Waals surface area (Å²) >= 11 is 0. The second-order valence-electron chi connectivity index (χ2n) is 6.21. The number of benzene rings is 1. The number of rotatable bonds is 7. The predicted octanol–water partition coefficient (Wildman–Crippen LogP) is 3.85. The van der Waals surface area contributed by atoms with Crippen molar-refractivity contribution in [2.45, 2.75) is 46.1 Å². The van der Waals surface area contributed by atoms with E-state index in [1.165, 1.54) is 37.9 Å². The summed E-state index contributed by atoms with van der Waals surface area (Å²) in [5.41, 5.74) is 1.99. The second kappa shape index (κ2) is 7.24. The Balaban J connectivity index is 2.00. The van der Waals surface area contributed by atoms with Crippen LogP contribution in [0.25, 0.3) is 0 Å². The zero-order valence-corrected chi connectivity index (χ0v) is 13.4. The van der Waals surface area contributed by atoms with E-state index in [4.69, 9.17) is 0 Å². The molecule has 1 saturated heterocycles. The molecule has 0 aromatic heterocycles. The van der Waals surface area contributed by atoms with Crippen molar-refractivity contribution in [1.82, 2.24) is 10.2 Å². The first-order valence-corrected chi connectivity index (χ1v) is 8.23. The average Bonchev–Trinajstić information content (AvgIpc) is 2.92. The standard InChI is InChI=1S/C18H30N2/c1-4-18(5-2)12-13-20(15-18)14-17(19-6-3)16-10-8-7-9-11-16/h7-11,17,19H,4-6,12-15H2,1-3H3. The third-order valence-electron chi connectivity index (χ3n) is 5.11. The predicted molar refractivity (Wildman–Crippen MR) is 86.9 cm³/mol. The Bertz CT molecular complexity index is 384. The Morgan fingerprint density at radius 3 is 2.40 bits per heavy atom. The van der Waals surface area contributed by atoms with E-state index in [-0.39, 0.29) is 0 Å². The fraction of sp³-hybridized carbons (Fsp3) is 0.667. The fourth-order valence-corrected chi connectivity index (χ4v) is 3.49. The van der Waals surface area contributed by atoms with Crippen LogP contribution in [0.3, 0.4) is 0 Å². The van der Waals surface area contributed by atoms with Crippen molar-refractivity contribution < 1.29 is 0 Å². The van der Waals surface area contributed by atoms with Gasteiger partial charge in [-0.15, -0.1) is 0 Å². The van der Waals surface area contributed by atoms with E-state index in [0.717, 1.165) is 13.1 Å². The van der Waals surface area contributed by atoms with Crippen LogP contribution < -0.4 is 5.32 Å². The topological polar surface area (TPSA) is 15.3 Å². The Kier molecular flexibility index (Phi) is 5.62. The smallest absolute Gasteiger partial charge is 0.0449 e. The lowest BCUT2D eigenvalue weighted by molar-refractivity contribution is 0.226. The SMILES string of the molecule is CCNC(CN1CCC(CC)(CC)C1)c1ccccc1. The first-order chi connectivity index (χ1) is 9.73. The first-order valence-electron chi connectivity index (χ1n) is 8.23. The highest BCUT2D eigenvalue weighted by Crippen LogP contribution is 2.37. The number of nitrogens with zero attached hydrogens (tertiary/aromatic N) is 1. The van der Waals surface area contributed by atoms with E-state index < -0.39 is 0 Å². The summed E-state index contributed by atoms with van der Waals surface area (Å²) < 4.78 is 0. The monoisotopic (exact) mass is 274 g/mol. The molecule has 2 heteroatoms. The summed E-state index contributed by atoms with van der Waals surface area (Å²) in [5, 5.41) is 3.65. The first kappa shape index (κ1) is 15.5. The summed E-state index contributed by atoms with van der Waals surface area (Å²) in [6.07, 6.45) is 4.00. The molecule has 1 unspecified atom stereocenters. The maximum Gasteiger partial charge on any atom is 0.0449 e. The molecule has 0 aliphatic carbocycles. The zero-order chi connectivity index (χ0) is 14.4. The van der Waals surface area contributed by atoms with Crippen LogP contribution in [0.4, 0.5) is 0 Å². The molecule has 1 aromatic carbocycles. The highest BCUT2D eigenvalue weighted by atomic mass is 15.2. The lowest BCUT2D eigenvalue weighted by atomic mass is 9.82. The maximum atomic E-state index is 3.65. The van der Waals surface area contributed by atoms with E-state index in [0.29, 0.717) is 11.5 Å². The van der Waals surface area contributed by atoms with Crippen molar-refractivity contribution in [2.24, 2.45) is 5.41 Å². The fourth-order valence-electron chi connectivity index (χ4n) is 3.49. The van der Waals surface area contributed by atoms with E-state index in [2.05, 4.69) is 61.3 Å². The van der Waals surface area contributed by atoms with Crippen LogP contribution >= 0.6 is 0 Å². The number of likely N-dealkylation sites (tertiary alicyclic amines) is 1. The maximum absolute atomic E-state index is 3.65. The van der Waals surface area contributed by atoms with E-state index >= 15 is 0 Å². The second-order valence-corrected chi connectivity index (χ2v) is 6.21. The van der Waals surface area contributed by atoms with Gasteiger partial charge in [-0.05, 0) is 43.3 Å². The minimum atomic E-state index is 0.464. The van der Waals surface area contributed by atoms with Gasteiger partial charge in [0.2, 0.25) is 0 Å². The molecule has 1 aliphatic heterocycles. The molecule has 0 saturated carbocycles. The van der Waals surface area contributed by atoms with Gasteiger partial charge in [-0.1, -0.05) is 51.1 Å². The molecule has 0 radical (unpaired) electrons. The molecular formula is C18H30N2. The number of hydrogen-bond donors (Lipinski definition) is 1. The van der Waals surface area contributed by atoms with Gasteiger partial charge in [-0.3, -0.25) is 0 Å². The van der Waals surface area contributed by atoms with Crippen molar-refractivity contribution in [2.75, 3.05) is 26.2 Å². The minimum Gasteiger partial charge on any atom is -0.309 e. The van der Waals surface area contributed by atoms with Crippen LogP contribution in [0.1, 0.15) is 51.6 Å². The van der Waals surface area contributed by atoms with Gasteiger partial charge in [0.15, 0.2) is 0 Å². The Morgan fingerprint density at radius 1 is 1.15 bits per heavy atom. The molecule has 1 aliphatic rings. The van der Waals surface area contributed by atoms with Gasteiger partial charge in [-0.25, -0.2) is 0 Å².